The number of phenols is 1. The first-order chi connectivity index (χ1) is 32.9. The highest BCUT2D eigenvalue weighted by atomic mass is 32.1. The number of aromatic hydroxyl groups is 1. The van der Waals surface area contributed by atoms with Crippen LogP contribution in [0.1, 0.15) is 65.0 Å². The van der Waals surface area contributed by atoms with Crippen LogP contribution < -0.4 is 15.6 Å². The van der Waals surface area contributed by atoms with Gasteiger partial charge in [-0.25, -0.2) is 10.4 Å². The largest absolute Gasteiger partial charge is 0.508 e. The second-order valence-corrected chi connectivity index (χ2v) is 20.5. The summed E-state index contributed by atoms with van der Waals surface area (Å²) in [6.07, 6.45) is 5.19. The number of aromatic nitrogens is 2. The van der Waals surface area contributed by atoms with Gasteiger partial charge in [-0.2, -0.15) is 54.0 Å². The molecule has 0 aliphatic carbocycles. The van der Waals surface area contributed by atoms with Crippen molar-refractivity contribution >= 4 is 100 Å². The molecule has 2 aromatic heterocycles. The number of amides is 4. The van der Waals surface area contributed by atoms with Gasteiger partial charge in [-0.15, -0.1) is 0 Å². The Morgan fingerprint density at radius 2 is 1.67 bits per heavy atom. The zero-order chi connectivity index (χ0) is 49.3. The molecule has 2 aromatic carbocycles. The van der Waals surface area contributed by atoms with Crippen LogP contribution in [0.15, 0.2) is 67.4 Å². The smallest absolute Gasteiger partial charge is 0.324 e. The maximum atomic E-state index is 14.7. The minimum atomic E-state index is -1.16. The van der Waals surface area contributed by atoms with Crippen molar-refractivity contribution in [3.05, 3.63) is 78.5 Å². The van der Waals surface area contributed by atoms with E-state index in [-0.39, 0.29) is 104 Å². The number of likely N-dealkylation sites (N-methyl/N-ethyl adjacent to an activating group) is 2. The van der Waals surface area contributed by atoms with Gasteiger partial charge in [-0.05, 0) is 110 Å². The Morgan fingerprint density at radius 3 is 2.33 bits per heavy atom. The van der Waals surface area contributed by atoms with E-state index >= 15 is 0 Å². The quantitative estimate of drug-likeness (QED) is 0.144. The minimum Gasteiger partial charge on any atom is -0.508 e. The number of rotatable bonds is 9. The van der Waals surface area contributed by atoms with Gasteiger partial charge in [-0.1, -0.05) is 46.4 Å². The summed E-state index contributed by atoms with van der Waals surface area (Å²) < 4.78 is 8.45. The molecule has 20 heteroatoms. The van der Waals surface area contributed by atoms with E-state index in [1.54, 1.807) is 24.1 Å². The van der Waals surface area contributed by atoms with Crippen molar-refractivity contribution in [3.63, 3.8) is 0 Å². The first-order valence-electron chi connectivity index (χ1n) is 24.6. The molecule has 8 rings (SSSR count). The number of piperazine rings is 1. The lowest BCUT2D eigenvalue weighted by molar-refractivity contribution is -0.155. The van der Waals surface area contributed by atoms with Crippen LogP contribution in [-0.4, -0.2) is 149 Å². The Kier molecular flexibility index (Phi) is 21.3. The standard InChI is InChI=1S/C53H69N9O7.4H2S/c1-9-46(64)60-19-17-37(31-60)50(66)58(8)47(33(3)4)49(65)55-43-26-34-24-38(27-39(63)25-34)35-13-15-44-40(28-35)41(29-53(5,6)32-69-52(68)42-12-11-18-62(56-42)51(43)67)48(61(44)10-2)36-14-16-45(54-30-36)59-22-20-57(7)21-23-59;;;;/h9,13-16,24-25,27-28,30,33,37,42-43,47,56,63H,1,10-12,17-23,26,29,31-32H2,2-8H3,(H,55,65);4*1H2/t37-,42-,43-,47-;;;;/m0..../s1. The topological polar surface area (TPSA) is 173 Å². The number of fused-ring (bicyclic) bond motifs is 6. The molecule has 6 bridgehead atoms. The van der Waals surface area contributed by atoms with E-state index in [0.29, 0.717) is 44.3 Å². The summed E-state index contributed by atoms with van der Waals surface area (Å²) in [5.41, 5.74) is 8.96. The van der Waals surface area contributed by atoms with Gasteiger partial charge in [0.25, 0.3) is 5.91 Å². The Morgan fingerprint density at radius 1 is 0.959 bits per heavy atom. The van der Waals surface area contributed by atoms with Crippen molar-refractivity contribution < 1.29 is 33.8 Å². The maximum Gasteiger partial charge on any atom is 0.324 e. The van der Waals surface area contributed by atoms with Crippen molar-refractivity contribution in [2.24, 2.45) is 17.3 Å². The monoisotopic (exact) mass is 1080 g/mol. The highest BCUT2D eigenvalue weighted by Gasteiger charge is 2.40. The third-order valence-corrected chi connectivity index (χ3v) is 14.4. The van der Waals surface area contributed by atoms with E-state index in [1.165, 1.54) is 16.0 Å². The number of benzene rings is 2. The molecule has 4 aromatic rings. The van der Waals surface area contributed by atoms with Gasteiger partial charge >= 0.3 is 5.97 Å². The lowest BCUT2D eigenvalue weighted by Crippen LogP contribution is -2.62. The lowest BCUT2D eigenvalue weighted by atomic mass is 9.84. The predicted molar refractivity (Wildman–Crippen MR) is 307 cm³/mol. The highest BCUT2D eigenvalue weighted by molar-refractivity contribution is 7.59. The van der Waals surface area contributed by atoms with Crippen LogP contribution in [0.4, 0.5) is 5.82 Å². The van der Waals surface area contributed by atoms with Gasteiger partial charge in [0.1, 0.15) is 29.7 Å². The highest BCUT2D eigenvalue weighted by Crippen LogP contribution is 2.41. The molecule has 4 atom stereocenters. The van der Waals surface area contributed by atoms with Gasteiger partial charge in [0.15, 0.2) is 0 Å². The van der Waals surface area contributed by atoms with Crippen LogP contribution in [0.25, 0.3) is 33.3 Å². The number of hydrogen-bond donors (Lipinski definition) is 3. The Hall–Kier alpha value is -4.86. The van der Waals surface area contributed by atoms with Crippen LogP contribution >= 0.6 is 54.0 Å². The molecule has 4 aliphatic rings. The van der Waals surface area contributed by atoms with E-state index in [9.17, 15) is 29.1 Å². The van der Waals surface area contributed by atoms with E-state index < -0.39 is 47.2 Å². The van der Waals surface area contributed by atoms with E-state index in [0.717, 1.165) is 70.8 Å². The van der Waals surface area contributed by atoms with E-state index in [1.807, 2.05) is 32.2 Å². The van der Waals surface area contributed by atoms with Crippen LogP contribution in [0.5, 0.6) is 5.75 Å². The average molecular weight is 1080 g/mol. The molecule has 4 aliphatic heterocycles. The molecule has 3 fully saturated rings. The number of esters is 1. The van der Waals surface area contributed by atoms with Crippen molar-refractivity contribution in [1.82, 2.24) is 40.0 Å². The fourth-order valence-corrected chi connectivity index (χ4v) is 10.7. The molecule has 4 amide bonds. The molecule has 0 unspecified atom stereocenters. The van der Waals surface area contributed by atoms with Gasteiger partial charge in [0.05, 0.1) is 18.2 Å². The molecule has 73 heavy (non-hydrogen) atoms. The number of anilines is 1. The number of aryl methyl sites for hydroxylation is 1. The Labute approximate surface area is 458 Å². The van der Waals surface area contributed by atoms with Crippen LogP contribution in [0.2, 0.25) is 0 Å². The zero-order valence-corrected chi connectivity index (χ0v) is 47.3. The molecular weight excluding hydrogens is 1000 g/mol. The van der Waals surface area contributed by atoms with Crippen molar-refractivity contribution in [1.29, 1.82) is 0 Å². The molecule has 400 valence electrons. The van der Waals surface area contributed by atoms with Crippen LogP contribution in [-0.2, 0) is 48.1 Å². The number of phenolic OH excluding ortho intramolecular Hbond substituents is 1. The molecular formula is C53H77N9O7S4. The summed E-state index contributed by atoms with van der Waals surface area (Å²) in [4.78, 5) is 82.2. The number of carbonyl (C=O) groups excluding carboxylic acids is 5. The molecule has 3 N–H and O–H groups in total. The number of nitrogens with one attached hydrogen (secondary N) is 2. The zero-order valence-electron chi connectivity index (χ0n) is 43.3. The van der Waals surface area contributed by atoms with Crippen molar-refractivity contribution in [2.45, 2.75) is 91.4 Å². The Balaban J connectivity index is 0.00000289. The summed E-state index contributed by atoms with van der Waals surface area (Å²) in [5.74, 6) is -1.86. The first-order valence-corrected chi connectivity index (χ1v) is 24.6. The number of cyclic esters (lactones) is 1. The molecule has 0 saturated carbocycles. The van der Waals surface area contributed by atoms with Gasteiger partial charge < -0.3 is 39.3 Å². The minimum absolute atomic E-state index is 0. The Bertz CT molecular complexity index is 2620. The van der Waals surface area contributed by atoms with E-state index in [2.05, 4.69) is 83.8 Å². The number of carbonyl (C=O) groups is 5. The molecule has 6 heterocycles. The van der Waals surface area contributed by atoms with Gasteiger partial charge in [0.2, 0.25) is 17.7 Å². The first kappa shape index (κ1) is 60.7. The van der Waals surface area contributed by atoms with Crippen molar-refractivity contribution in [2.75, 3.05) is 71.4 Å². The number of pyridine rings is 1. The average Bonchev–Trinajstić information content (AvgIpc) is 3.95. The van der Waals surface area contributed by atoms with E-state index in [4.69, 9.17) is 9.72 Å². The number of hydrazine groups is 1. The van der Waals surface area contributed by atoms with Crippen LogP contribution in [0.3, 0.4) is 0 Å². The summed E-state index contributed by atoms with van der Waals surface area (Å²) in [5, 5.41) is 16.8. The molecule has 0 radical (unpaired) electrons. The normalized spacial score (nSPS) is 20.5. The summed E-state index contributed by atoms with van der Waals surface area (Å²) >= 11 is 0. The second-order valence-electron chi connectivity index (χ2n) is 20.5. The number of nitrogens with zero attached hydrogens (tertiary/aromatic N) is 7. The summed E-state index contributed by atoms with van der Waals surface area (Å²) in [7, 11) is 3.73. The fraction of sp³-hybridized carbons (Fsp3) is 0.509. The predicted octanol–water partition coefficient (Wildman–Crippen LogP) is 5.46. The summed E-state index contributed by atoms with van der Waals surface area (Å²) in [6, 6.07) is 12.9. The molecule has 0 spiro atoms. The van der Waals surface area contributed by atoms with Crippen molar-refractivity contribution in [3.8, 4) is 28.1 Å². The number of ether oxygens (including phenoxy) is 1. The SMILES string of the molecule is C=CC(=O)N1CC[C@H](C(=O)N(C)[C@H](C(=O)N[C@H]2Cc3cc(O)cc(c3)-c3ccc4c(c3)c(c(-c3ccc(N5CCN(C)CC5)nc3)n4CC)CC(C)(C)COC(=O)[C@@H]3CCCN(N3)C2=O)C(C)C)C1.S.S.S.S. The third kappa shape index (κ3) is 13.3. The number of likely N-dealkylation sites (tertiary alicyclic amines) is 1. The summed E-state index contributed by atoms with van der Waals surface area (Å²) in [6.45, 7) is 19.1. The fourth-order valence-electron chi connectivity index (χ4n) is 10.7. The molecule has 3 saturated heterocycles. The van der Waals surface area contributed by atoms with Gasteiger partial charge in [-0.3, -0.25) is 29.0 Å². The maximum absolute atomic E-state index is 14.7. The molecule has 16 nitrogen and oxygen atoms in total. The van der Waals surface area contributed by atoms with Crippen LogP contribution in [0, 0.1) is 17.3 Å². The second kappa shape index (κ2) is 25.6. The van der Waals surface area contributed by atoms with Gasteiger partial charge in [0, 0.05) is 93.9 Å². The number of hydrogen-bond acceptors (Lipinski definition) is 11. The third-order valence-electron chi connectivity index (χ3n) is 14.4. The lowest BCUT2D eigenvalue weighted by Gasteiger charge is -2.37.